The van der Waals surface area contributed by atoms with Crippen LogP contribution in [0.3, 0.4) is 0 Å². The number of nitrogens with two attached hydrogens (primary N) is 1. The first-order valence-electron chi connectivity index (χ1n) is 12.1. The Hall–Kier alpha value is -4.64. The number of aryl methyl sites for hydroxylation is 1. The number of nitrogen functional groups attached to an aromatic ring is 1. The predicted molar refractivity (Wildman–Crippen MR) is 148 cm³/mol. The minimum atomic E-state index is -0.645. The van der Waals surface area contributed by atoms with Gasteiger partial charge in [-0.1, -0.05) is 35.9 Å². The Kier molecular flexibility index (Phi) is 7.07. The molecule has 10 nitrogen and oxygen atoms in total. The maximum Gasteiger partial charge on any atom is 0.280 e. The second kappa shape index (κ2) is 10.6. The Morgan fingerprint density at radius 3 is 2.41 bits per heavy atom. The van der Waals surface area contributed by atoms with Crippen LogP contribution in [0.4, 0.5) is 15.9 Å². The minimum absolute atomic E-state index is 0.0249. The Labute approximate surface area is 227 Å². The van der Waals surface area contributed by atoms with Crippen LogP contribution in [0.15, 0.2) is 65.8 Å². The topological polar surface area (TPSA) is 134 Å². The van der Waals surface area contributed by atoms with Crippen molar-refractivity contribution >= 4 is 40.0 Å². The van der Waals surface area contributed by atoms with Crippen LogP contribution in [0.1, 0.15) is 30.4 Å². The smallest absolute Gasteiger partial charge is 0.280 e. The highest BCUT2D eigenvalue weighted by atomic mass is 35.5. The van der Waals surface area contributed by atoms with Gasteiger partial charge in [0, 0.05) is 34.1 Å². The first-order valence-corrected chi connectivity index (χ1v) is 12.5. The van der Waals surface area contributed by atoms with E-state index < -0.39 is 18.0 Å². The molecular weight excluding hydrogens is 523 g/mol. The van der Waals surface area contributed by atoms with Gasteiger partial charge in [0.15, 0.2) is 11.3 Å². The Morgan fingerprint density at radius 1 is 1.05 bits per heavy atom. The fourth-order valence-corrected chi connectivity index (χ4v) is 4.25. The molecule has 0 unspecified atom stereocenters. The summed E-state index contributed by atoms with van der Waals surface area (Å²) in [6.07, 6.45) is 2.93. The zero-order valence-electron chi connectivity index (χ0n) is 21.1. The molecule has 0 fully saturated rings. The third kappa shape index (κ3) is 5.08. The molecule has 0 aliphatic rings. The van der Waals surface area contributed by atoms with Crippen LogP contribution in [0.2, 0.25) is 5.02 Å². The highest BCUT2D eigenvalue weighted by Crippen LogP contribution is 2.31. The van der Waals surface area contributed by atoms with E-state index in [0.29, 0.717) is 44.1 Å². The lowest BCUT2D eigenvalue weighted by molar-refractivity contribution is 0.101. The number of rotatable bonds is 7. The van der Waals surface area contributed by atoms with Crippen LogP contribution in [0, 0.1) is 0 Å². The fourth-order valence-electron chi connectivity index (χ4n) is 4.13. The van der Waals surface area contributed by atoms with Gasteiger partial charge in [0.25, 0.3) is 5.91 Å². The van der Waals surface area contributed by atoms with Gasteiger partial charge in [0.1, 0.15) is 24.5 Å². The van der Waals surface area contributed by atoms with E-state index in [-0.39, 0.29) is 24.1 Å². The van der Waals surface area contributed by atoms with Crippen molar-refractivity contribution in [1.29, 1.82) is 0 Å². The van der Waals surface area contributed by atoms with E-state index in [2.05, 4.69) is 25.5 Å². The summed E-state index contributed by atoms with van der Waals surface area (Å²) in [5.41, 5.74) is 8.34. The summed E-state index contributed by atoms with van der Waals surface area (Å²) in [5, 5.41) is 12.6. The van der Waals surface area contributed by atoms with Crippen molar-refractivity contribution in [2.45, 2.75) is 26.4 Å². The Balaban J connectivity index is 1.47. The maximum atomic E-state index is 13.3. The van der Waals surface area contributed by atoms with Crippen LogP contribution in [0.5, 0.6) is 0 Å². The molecule has 12 heteroatoms. The van der Waals surface area contributed by atoms with Crippen LogP contribution >= 0.6 is 11.6 Å². The van der Waals surface area contributed by atoms with Gasteiger partial charge < -0.3 is 11.1 Å². The molecule has 0 saturated heterocycles. The standard InChI is InChI=1S/C27H24ClFN8O2/c1-15(2)37-13-20(16-3-7-18(28)8-4-16)24(38)23(35-37)27(39)33-19-9-5-17(6-10-19)22-21-25(30)31-14-32-26(21)36(34-22)12-11-29/h3-10,13-15H,11-12H2,1-2H3,(H,33,39)(H2,30,31,32). The van der Waals surface area contributed by atoms with Gasteiger partial charge in [-0.25, -0.2) is 19.0 Å². The number of hydrogen-bond acceptors (Lipinski definition) is 7. The quantitative estimate of drug-likeness (QED) is 0.301. The number of carbonyl (C=O) groups is 1. The lowest BCUT2D eigenvalue weighted by Crippen LogP contribution is -2.28. The maximum absolute atomic E-state index is 13.3. The number of nitrogens with zero attached hydrogens (tertiary/aromatic N) is 6. The van der Waals surface area contributed by atoms with Gasteiger partial charge >= 0.3 is 0 Å². The number of hydrogen-bond donors (Lipinski definition) is 2. The molecule has 39 heavy (non-hydrogen) atoms. The highest BCUT2D eigenvalue weighted by Gasteiger charge is 2.20. The van der Waals surface area contributed by atoms with Gasteiger partial charge in [-0.15, -0.1) is 0 Å². The molecule has 0 aliphatic carbocycles. The van der Waals surface area contributed by atoms with Gasteiger partial charge in [0.05, 0.1) is 11.9 Å². The lowest BCUT2D eigenvalue weighted by atomic mass is 10.1. The lowest BCUT2D eigenvalue weighted by Gasteiger charge is -2.14. The molecular formula is C27H24ClFN8O2. The summed E-state index contributed by atoms with van der Waals surface area (Å²) in [6.45, 7) is 3.22. The van der Waals surface area contributed by atoms with Crippen molar-refractivity contribution in [3.05, 3.63) is 82.0 Å². The number of halogens is 2. The molecule has 198 valence electrons. The van der Waals surface area contributed by atoms with Gasteiger partial charge in [-0.3, -0.25) is 14.3 Å². The number of carbonyl (C=O) groups excluding carboxylic acids is 1. The monoisotopic (exact) mass is 546 g/mol. The van der Waals surface area contributed by atoms with Gasteiger partial charge in [0.2, 0.25) is 5.43 Å². The summed E-state index contributed by atoms with van der Waals surface area (Å²) < 4.78 is 16.1. The molecule has 0 spiro atoms. The summed E-state index contributed by atoms with van der Waals surface area (Å²) in [7, 11) is 0. The summed E-state index contributed by atoms with van der Waals surface area (Å²) >= 11 is 6.00. The number of benzene rings is 2. The second-order valence-electron chi connectivity index (χ2n) is 9.05. The van der Waals surface area contributed by atoms with E-state index in [1.807, 2.05) is 13.8 Å². The number of amides is 1. The first kappa shape index (κ1) is 26.0. The SMILES string of the molecule is CC(C)n1cc(-c2ccc(Cl)cc2)c(=O)c(C(=O)Nc2ccc(-c3nn(CCF)c4ncnc(N)c34)cc2)n1. The summed E-state index contributed by atoms with van der Waals surface area (Å²) in [4.78, 5) is 34.7. The van der Waals surface area contributed by atoms with E-state index >= 15 is 0 Å². The molecule has 3 aromatic heterocycles. The van der Waals surface area contributed by atoms with Gasteiger partial charge in [-0.05, 0) is 43.7 Å². The van der Waals surface area contributed by atoms with Crippen molar-refractivity contribution < 1.29 is 9.18 Å². The molecule has 0 bridgehead atoms. The highest BCUT2D eigenvalue weighted by molar-refractivity contribution is 6.30. The number of aromatic nitrogens is 6. The molecule has 0 saturated carbocycles. The van der Waals surface area contributed by atoms with Crippen molar-refractivity contribution in [3.63, 3.8) is 0 Å². The number of fused-ring (bicyclic) bond motifs is 1. The van der Waals surface area contributed by atoms with Crippen molar-refractivity contribution in [1.82, 2.24) is 29.5 Å². The second-order valence-corrected chi connectivity index (χ2v) is 9.49. The third-order valence-electron chi connectivity index (χ3n) is 6.11. The Morgan fingerprint density at radius 2 is 1.74 bits per heavy atom. The summed E-state index contributed by atoms with van der Waals surface area (Å²) in [6, 6.07) is 13.5. The average molecular weight is 547 g/mol. The molecule has 5 rings (SSSR count). The molecule has 0 aliphatic heterocycles. The van der Waals surface area contributed by atoms with Crippen LogP contribution in [0.25, 0.3) is 33.4 Å². The zero-order chi connectivity index (χ0) is 27.7. The average Bonchev–Trinajstić information content (AvgIpc) is 3.29. The van der Waals surface area contributed by atoms with E-state index in [1.54, 1.807) is 59.4 Å². The molecule has 3 heterocycles. The number of anilines is 2. The van der Waals surface area contributed by atoms with Gasteiger partial charge in [-0.2, -0.15) is 10.2 Å². The largest absolute Gasteiger partial charge is 0.383 e. The number of nitrogens with one attached hydrogen (secondary N) is 1. The fraction of sp³-hybridized carbons (Fsp3) is 0.185. The first-order chi connectivity index (χ1) is 18.8. The molecule has 0 radical (unpaired) electrons. The molecule has 2 aromatic carbocycles. The van der Waals surface area contributed by atoms with Crippen molar-refractivity contribution in [3.8, 4) is 22.4 Å². The summed E-state index contributed by atoms with van der Waals surface area (Å²) in [5.74, 6) is -0.418. The third-order valence-corrected chi connectivity index (χ3v) is 6.36. The molecule has 3 N–H and O–H groups in total. The van der Waals surface area contributed by atoms with Crippen molar-refractivity contribution in [2.75, 3.05) is 17.7 Å². The Bertz CT molecular complexity index is 1730. The molecule has 0 atom stereocenters. The van der Waals surface area contributed by atoms with Crippen molar-refractivity contribution in [2.24, 2.45) is 0 Å². The number of alkyl halides is 1. The van der Waals surface area contributed by atoms with E-state index in [4.69, 9.17) is 17.3 Å². The van der Waals surface area contributed by atoms with E-state index in [1.165, 1.54) is 11.0 Å². The normalized spacial score (nSPS) is 11.3. The molecule has 1 amide bonds. The molecule has 5 aromatic rings. The zero-order valence-corrected chi connectivity index (χ0v) is 21.9. The minimum Gasteiger partial charge on any atom is -0.383 e. The predicted octanol–water partition coefficient (Wildman–Crippen LogP) is 4.76. The van der Waals surface area contributed by atoms with Crippen LogP contribution in [-0.4, -0.2) is 42.1 Å². The van der Waals surface area contributed by atoms with Crippen LogP contribution < -0.4 is 16.5 Å². The van der Waals surface area contributed by atoms with Crippen LogP contribution in [-0.2, 0) is 6.54 Å². The van der Waals surface area contributed by atoms with E-state index in [9.17, 15) is 14.0 Å². The van der Waals surface area contributed by atoms with E-state index in [0.717, 1.165) is 0 Å².